The standard InChI is InChI=1S/C26H27N5O3/c1-31(2)11-6-9-25(32)30-23-13-21-22(14-24(23)34-20-10-12-33-17-20)28-16-18(15-27)26(21)29-19-7-4-3-5-8-19/h3-9,13-14,16,20H,10-12,17H2,1-2H3,(H,28,29)(H,30,32)/b9-6+. The van der Waals surface area contributed by atoms with Crippen LogP contribution in [-0.4, -0.2) is 55.7 Å². The Bertz CT molecular complexity index is 1230. The molecule has 8 nitrogen and oxygen atoms in total. The van der Waals surface area contributed by atoms with Crippen LogP contribution >= 0.6 is 0 Å². The Morgan fingerprint density at radius 1 is 1.32 bits per heavy atom. The molecule has 4 rings (SSSR count). The molecule has 0 aliphatic carbocycles. The summed E-state index contributed by atoms with van der Waals surface area (Å²) >= 11 is 0. The highest BCUT2D eigenvalue weighted by Crippen LogP contribution is 2.37. The number of nitrogens with one attached hydrogen (secondary N) is 2. The molecule has 1 aliphatic rings. The number of para-hydroxylation sites is 1. The average Bonchev–Trinajstić information content (AvgIpc) is 3.33. The molecule has 0 bridgehead atoms. The van der Waals surface area contributed by atoms with Crippen molar-refractivity contribution in [2.75, 3.05) is 44.5 Å². The molecule has 1 unspecified atom stereocenters. The maximum Gasteiger partial charge on any atom is 0.248 e. The maximum absolute atomic E-state index is 12.6. The Hall–Kier alpha value is -3.93. The van der Waals surface area contributed by atoms with Crippen LogP contribution in [0.25, 0.3) is 10.9 Å². The fraction of sp³-hybridized carbons (Fsp3) is 0.269. The number of amides is 1. The van der Waals surface area contributed by atoms with Gasteiger partial charge in [-0.2, -0.15) is 5.26 Å². The van der Waals surface area contributed by atoms with Crippen LogP contribution in [0.1, 0.15) is 12.0 Å². The highest BCUT2D eigenvalue weighted by molar-refractivity contribution is 6.04. The van der Waals surface area contributed by atoms with Gasteiger partial charge in [-0.1, -0.05) is 24.3 Å². The van der Waals surface area contributed by atoms with E-state index >= 15 is 0 Å². The van der Waals surface area contributed by atoms with E-state index in [2.05, 4.69) is 21.7 Å². The third kappa shape index (κ3) is 5.70. The molecule has 2 heterocycles. The predicted octanol–water partition coefficient (Wildman–Crippen LogP) is 4.07. The smallest absolute Gasteiger partial charge is 0.248 e. The van der Waals surface area contributed by atoms with Crippen molar-refractivity contribution >= 4 is 33.9 Å². The Labute approximate surface area is 198 Å². The van der Waals surface area contributed by atoms with E-state index < -0.39 is 0 Å². The quantitative estimate of drug-likeness (QED) is 0.492. The van der Waals surface area contributed by atoms with Crippen LogP contribution in [0.3, 0.4) is 0 Å². The lowest BCUT2D eigenvalue weighted by Crippen LogP contribution is -2.18. The van der Waals surface area contributed by atoms with Crippen LogP contribution in [0.4, 0.5) is 17.1 Å². The Morgan fingerprint density at radius 3 is 2.85 bits per heavy atom. The molecular weight excluding hydrogens is 430 g/mol. The minimum absolute atomic E-state index is 0.0994. The number of anilines is 3. The maximum atomic E-state index is 12.6. The lowest BCUT2D eigenvalue weighted by molar-refractivity contribution is -0.111. The molecule has 1 aliphatic heterocycles. The zero-order valence-electron chi connectivity index (χ0n) is 19.2. The number of aromatic nitrogens is 1. The van der Waals surface area contributed by atoms with Crippen molar-refractivity contribution in [3.05, 3.63) is 66.4 Å². The predicted molar refractivity (Wildman–Crippen MR) is 132 cm³/mol. The number of likely N-dealkylation sites (N-methyl/N-ethyl adjacent to an activating group) is 1. The van der Waals surface area contributed by atoms with Gasteiger partial charge in [-0.15, -0.1) is 0 Å². The summed E-state index contributed by atoms with van der Waals surface area (Å²) in [5, 5.41) is 16.7. The molecule has 34 heavy (non-hydrogen) atoms. The molecule has 0 radical (unpaired) electrons. The van der Waals surface area contributed by atoms with Gasteiger partial charge < -0.3 is 25.0 Å². The lowest BCUT2D eigenvalue weighted by Gasteiger charge is -2.18. The molecule has 8 heteroatoms. The van der Waals surface area contributed by atoms with Gasteiger partial charge in [0.1, 0.15) is 17.9 Å². The van der Waals surface area contributed by atoms with Crippen molar-refractivity contribution in [3.63, 3.8) is 0 Å². The Kier molecular flexibility index (Phi) is 7.38. The number of carbonyl (C=O) groups is 1. The number of ether oxygens (including phenoxy) is 2. The molecule has 1 aromatic heterocycles. The third-order valence-corrected chi connectivity index (χ3v) is 5.31. The van der Waals surface area contributed by atoms with Crippen molar-refractivity contribution in [2.45, 2.75) is 12.5 Å². The molecule has 174 valence electrons. The van der Waals surface area contributed by atoms with Gasteiger partial charge in [-0.05, 0) is 32.3 Å². The first-order valence-electron chi connectivity index (χ1n) is 11.1. The number of benzene rings is 2. The van der Waals surface area contributed by atoms with Gasteiger partial charge in [-0.3, -0.25) is 9.78 Å². The highest BCUT2D eigenvalue weighted by Gasteiger charge is 2.21. The normalized spacial score (nSPS) is 15.5. The van der Waals surface area contributed by atoms with Crippen LogP contribution in [0.15, 0.2) is 60.8 Å². The number of pyridine rings is 1. The van der Waals surface area contributed by atoms with Crippen LogP contribution in [-0.2, 0) is 9.53 Å². The topological polar surface area (TPSA) is 99.5 Å². The first-order chi connectivity index (χ1) is 16.5. The second-order valence-electron chi connectivity index (χ2n) is 8.27. The summed E-state index contributed by atoms with van der Waals surface area (Å²) in [5.74, 6) is 0.246. The fourth-order valence-electron chi connectivity index (χ4n) is 3.63. The van der Waals surface area contributed by atoms with Gasteiger partial charge in [0.25, 0.3) is 0 Å². The summed E-state index contributed by atoms with van der Waals surface area (Å²) in [5.41, 5.74) is 3.01. The molecule has 1 amide bonds. The molecule has 1 saturated heterocycles. The number of nitriles is 1. The van der Waals surface area contributed by atoms with Gasteiger partial charge in [0.2, 0.25) is 5.91 Å². The molecular formula is C26H27N5O3. The second-order valence-corrected chi connectivity index (χ2v) is 8.27. The molecule has 0 spiro atoms. The number of rotatable bonds is 8. The van der Waals surface area contributed by atoms with Crippen LogP contribution in [0, 0.1) is 11.3 Å². The zero-order chi connectivity index (χ0) is 23.9. The van der Waals surface area contributed by atoms with E-state index in [9.17, 15) is 10.1 Å². The van der Waals surface area contributed by atoms with Crippen LogP contribution in [0.5, 0.6) is 5.75 Å². The third-order valence-electron chi connectivity index (χ3n) is 5.31. The van der Waals surface area contributed by atoms with E-state index in [1.165, 1.54) is 12.3 Å². The van der Waals surface area contributed by atoms with E-state index in [1.807, 2.05) is 49.3 Å². The minimum atomic E-state index is -0.268. The van der Waals surface area contributed by atoms with Gasteiger partial charge >= 0.3 is 0 Å². The van der Waals surface area contributed by atoms with E-state index in [-0.39, 0.29) is 12.0 Å². The van der Waals surface area contributed by atoms with E-state index in [0.29, 0.717) is 53.3 Å². The largest absolute Gasteiger partial charge is 0.486 e. The van der Waals surface area contributed by atoms with Gasteiger partial charge in [0.05, 0.1) is 35.7 Å². The van der Waals surface area contributed by atoms with E-state index in [0.717, 1.165) is 12.1 Å². The molecule has 3 aromatic rings. The molecule has 1 atom stereocenters. The number of hydrogen-bond acceptors (Lipinski definition) is 7. The van der Waals surface area contributed by atoms with Gasteiger partial charge in [0, 0.05) is 42.4 Å². The second kappa shape index (κ2) is 10.8. The summed E-state index contributed by atoms with van der Waals surface area (Å²) < 4.78 is 11.6. The lowest BCUT2D eigenvalue weighted by atomic mass is 10.1. The van der Waals surface area contributed by atoms with Crippen molar-refractivity contribution in [1.82, 2.24) is 9.88 Å². The van der Waals surface area contributed by atoms with Gasteiger partial charge in [-0.25, -0.2) is 0 Å². The fourth-order valence-corrected chi connectivity index (χ4v) is 3.63. The number of fused-ring (bicyclic) bond motifs is 1. The molecule has 2 N–H and O–H groups in total. The summed E-state index contributed by atoms with van der Waals surface area (Å²) in [6.07, 6.45) is 5.51. The van der Waals surface area contributed by atoms with Crippen LogP contribution < -0.4 is 15.4 Å². The van der Waals surface area contributed by atoms with E-state index in [4.69, 9.17) is 9.47 Å². The Morgan fingerprint density at radius 2 is 2.15 bits per heavy atom. The summed E-state index contributed by atoms with van der Waals surface area (Å²) in [6, 6.07) is 15.4. The molecule has 2 aromatic carbocycles. The summed E-state index contributed by atoms with van der Waals surface area (Å²) in [4.78, 5) is 19.1. The van der Waals surface area contributed by atoms with E-state index in [1.54, 1.807) is 18.2 Å². The summed E-state index contributed by atoms with van der Waals surface area (Å²) in [7, 11) is 3.87. The number of hydrogen-bond donors (Lipinski definition) is 2. The number of nitrogens with zero attached hydrogens (tertiary/aromatic N) is 3. The summed E-state index contributed by atoms with van der Waals surface area (Å²) in [6.45, 7) is 1.78. The Balaban J connectivity index is 1.75. The molecule has 1 fully saturated rings. The van der Waals surface area contributed by atoms with Crippen LogP contribution in [0.2, 0.25) is 0 Å². The first kappa shape index (κ1) is 23.2. The molecule has 0 saturated carbocycles. The van der Waals surface area contributed by atoms with Crippen molar-refractivity contribution in [1.29, 1.82) is 5.26 Å². The van der Waals surface area contributed by atoms with Gasteiger partial charge in [0.15, 0.2) is 0 Å². The van der Waals surface area contributed by atoms with Crippen molar-refractivity contribution in [2.24, 2.45) is 0 Å². The average molecular weight is 458 g/mol. The highest BCUT2D eigenvalue weighted by atomic mass is 16.5. The zero-order valence-corrected chi connectivity index (χ0v) is 19.2. The minimum Gasteiger partial charge on any atom is -0.486 e. The monoisotopic (exact) mass is 457 g/mol. The first-order valence-corrected chi connectivity index (χ1v) is 11.1. The van der Waals surface area contributed by atoms with Crippen molar-refractivity contribution < 1.29 is 14.3 Å². The van der Waals surface area contributed by atoms with Crippen molar-refractivity contribution in [3.8, 4) is 11.8 Å². The SMILES string of the molecule is CN(C)C/C=C/C(=O)Nc1cc2c(Nc3ccccc3)c(C#N)cnc2cc1OC1CCOC1. The number of carbonyl (C=O) groups excluding carboxylic acids is 1.